The van der Waals surface area contributed by atoms with Crippen molar-refractivity contribution in [2.75, 3.05) is 32.6 Å². The van der Waals surface area contributed by atoms with Crippen LogP contribution in [-0.4, -0.2) is 44.2 Å². The molecule has 0 radical (unpaired) electrons. The number of rotatable bonds is 5. The highest BCUT2D eigenvalue weighted by Gasteiger charge is 2.26. The van der Waals surface area contributed by atoms with Crippen LogP contribution in [-0.2, 0) is 9.53 Å². The molecule has 1 heterocycles. The molecule has 1 aromatic carbocycles. The first-order valence-corrected chi connectivity index (χ1v) is 7.43. The monoisotopic (exact) mass is 306 g/mol. The summed E-state index contributed by atoms with van der Waals surface area (Å²) in [6.45, 7) is 3.20. The third-order valence-corrected chi connectivity index (χ3v) is 3.93. The number of nitrogens with one attached hydrogen (secondary N) is 1. The number of methoxy groups -OCH3 is 1. The van der Waals surface area contributed by atoms with Crippen molar-refractivity contribution in [1.82, 2.24) is 4.90 Å². The maximum Gasteiger partial charge on any atom is 0.415 e. The number of nitrogens with zero attached hydrogens (tertiary/aromatic N) is 1. The zero-order valence-electron chi connectivity index (χ0n) is 13.2. The Morgan fingerprint density at radius 3 is 2.86 bits per heavy atom. The highest BCUT2D eigenvalue weighted by Crippen LogP contribution is 2.40. The van der Waals surface area contributed by atoms with E-state index in [2.05, 4.69) is 10.1 Å². The van der Waals surface area contributed by atoms with Crippen LogP contribution in [0.1, 0.15) is 31.2 Å². The number of esters is 1. The molecule has 0 aliphatic carbocycles. The fourth-order valence-electron chi connectivity index (χ4n) is 2.45. The Morgan fingerprint density at radius 2 is 2.18 bits per heavy atom. The van der Waals surface area contributed by atoms with Crippen molar-refractivity contribution >= 4 is 17.7 Å². The van der Waals surface area contributed by atoms with Crippen LogP contribution in [0.2, 0.25) is 0 Å². The van der Waals surface area contributed by atoms with Crippen molar-refractivity contribution in [3.8, 4) is 5.75 Å². The van der Waals surface area contributed by atoms with Crippen LogP contribution in [0.4, 0.5) is 10.5 Å². The lowest BCUT2D eigenvalue weighted by molar-refractivity contribution is -0.140. The molecule has 1 aromatic rings. The summed E-state index contributed by atoms with van der Waals surface area (Å²) < 4.78 is 10.1. The van der Waals surface area contributed by atoms with E-state index in [1.807, 2.05) is 19.1 Å². The first-order valence-electron chi connectivity index (χ1n) is 7.43. The number of carbonyl (C=O) groups excluding carboxylic acids is 2. The molecular formula is C16H22N2O4. The minimum atomic E-state index is -0.379. The SMILES string of the molecule is CCN(C)C(=O)Oc1cccc2c1NCC2CCC(=O)OC. The van der Waals surface area contributed by atoms with E-state index in [-0.39, 0.29) is 18.0 Å². The van der Waals surface area contributed by atoms with Crippen LogP contribution in [0.15, 0.2) is 18.2 Å². The van der Waals surface area contributed by atoms with Gasteiger partial charge < -0.3 is 19.7 Å². The number of carbonyl (C=O) groups is 2. The van der Waals surface area contributed by atoms with E-state index in [4.69, 9.17) is 4.74 Å². The fraction of sp³-hybridized carbons (Fsp3) is 0.500. The molecule has 1 aliphatic heterocycles. The molecule has 0 spiro atoms. The molecule has 0 fully saturated rings. The Balaban J connectivity index is 2.09. The molecule has 2 rings (SSSR count). The molecule has 6 nitrogen and oxygen atoms in total. The van der Waals surface area contributed by atoms with E-state index in [1.54, 1.807) is 13.1 Å². The van der Waals surface area contributed by atoms with E-state index in [0.29, 0.717) is 25.1 Å². The van der Waals surface area contributed by atoms with Crippen molar-refractivity contribution in [1.29, 1.82) is 0 Å². The molecule has 0 saturated carbocycles. The first kappa shape index (κ1) is 16.1. The van der Waals surface area contributed by atoms with Crippen molar-refractivity contribution in [3.05, 3.63) is 23.8 Å². The molecule has 120 valence electrons. The smallest absolute Gasteiger partial charge is 0.415 e. The number of ether oxygens (including phenoxy) is 2. The van der Waals surface area contributed by atoms with Gasteiger partial charge >= 0.3 is 12.1 Å². The number of fused-ring (bicyclic) bond motifs is 1. The second kappa shape index (κ2) is 7.15. The second-order valence-corrected chi connectivity index (χ2v) is 5.30. The van der Waals surface area contributed by atoms with Crippen LogP contribution in [0.5, 0.6) is 5.75 Å². The van der Waals surface area contributed by atoms with Gasteiger partial charge in [-0.05, 0) is 25.0 Å². The molecule has 0 aromatic heterocycles. The van der Waals surface area contributed by atoms with Gasteiger partial charge in [-0.3, -0.25) is 4.79 Å². The standard InChI is InChI=1S/C16H22N2O4/c1-4-18(2)16(20)22-13-7-5-6-12-11(10-17-15(12)13)8-9-14(19)21-3/h5-7,11,17H,4,8-10H2,1-3H3. The molecule has 1 aliphatic rings. The Morgan fingerprint density at radius 1 is 1.41 bits per heavy atom. The lowest BCUT2D eigenvalue weighted by Crippen LogP contribution is -2.29. The lowest BCUT2D eigenvalue weighted by atomic mass is 9.96. The van der Waals surface area contributed by atoms with Gasteiger partial charge in [-0.25, -0.2) is 4.79 Å². The van der Waals surface area contributed by atoms with Gasteiger partial charge in [0.25, 0.3) is 0 Å². The second-order valence-electron chi connectivity index (χ2n) is 5.30. The maximum atomic E-state index is 11.9. The predicted octanol–water partition coefficient (Wildman–Crippen LogP) is 2.60. The minimum Gasteiger partial charge on any atom is -0.469 e. The number of amides is 1. The zero-order chi connectivity index (χ0) is 16.1. The quantitative estimate of drug-likeness (QED) is 0.847. The number of hydrogen-bond acceptors (Lipinski definition) is 5. The van der Waals surface area contributed by atoms with E-state index >= 15 is 0 Å². The highest BCUT2D eigenvalue weighted by molar-refractivity contribution is 5.76. The van der Waals surface area contributed by atoms with E-state index in [1.165, 1.54) is 12.0 Å². The summed E-state index contributed by atoms with van der Waals surface area (Å²) in [4.78, 5) is 24.7. The molecule has 6 heteroatoms. The molecular weight excluding hydrogens is 284 g/mol. The van der Waals surface area contributed by atoms with E-state index in [0.717, 1.165) is 17.8 Å². The zero-order valence-corrected chi connectivity index (χ0v) is 13.2. The fourth-order valence-corrected chi connectivity index (χ4v) is 2.45. The van der Waals surface area contributed by atoms with Crippen LogP contribution in [0.25, 0.3) is 0 Å². The van der Waals surface area contributed by atoms with Crippen LogP contribution in [0, 0.1) is 0 Å². The Hall–Kier alpha value is -2.24. The number of benzene rings is 1. The molecule has 0 bridgehead atoms. The van der Waals surface area contributed by atoms with Gasteiger partial charge in [-0.15, -0.1) is 0 Å². The largest absolute Gasteiger partial charge is 0.469 e. The Kier molecular flexibility index (Phi) is 5.25. The van der Waals surface area contributed by atoms with Crippen molar-refractivity contribution in [3.63, 3.8) is 0 Å². The minimum absolute atomic E-state index is 0.208. The summed E-state index contributed by atoms with van der Waals surface area (Å²) in [6, 6.07) is 5.64. The molecule has 22 heavy (non-hydrogen) atoms. The summed E-state index contributed by atoms with van der Waals surface area (Å²) in [7, 11) is 3.09. The Bertz CT molecular complexity index is 559. The summed E-state index contributed by atoms with van der Waals surface area (Å²) in [5, 5.41) is 3.28. The van der Waals surface area contributed by atoms with Crippen LogP contribution >= 0.6 is 0 Å². The number of anilines is 1. The van der Waals surface area contributed by atoms with Crippen molar-refractivity contribution in [2.45, 2.75) is 25.7 Å². The van der Waals surface area contributed by atoms with Crippen LogP contribution in [0.3, 0.4) is 0 Å². The van der Waals surface area contributed by atoms with Gasteiger partial charge in [0.1, 0.15) is 0 Å². The van der Waals surface area contributed by atoms with Gasteiger partial charge in [-0.2, -0.15) is 0 Å². The molecule has 1 atom stereocenters. The van der Waals surface area contributed by atoms with E-state index in [9.17, 15) is 9.59 Å². The third-order valence-electron chi connectivity index (χ3n) is 3.93. The summed E-state index contributed by atoms with van der Waals surface area (Å²) >= 11 is 0. The summed E-state index contributed by atoms with van der Waals surface area (Å²) in [5.74, 6) is 0.542. The number of hydrogen-bond donors (Lipinski definition) is 1. The Labute approximate surface area is 130 Å². The topological polar surface area (TPSA) is 67.9 Å². The molecule has 0 saturated heterocycles. The highest BCUT2D eigenvalue weighted by atomic mass is 16.6. The summed E-state index contributed by atoms with van der Waals surface area (Å²) in [6.07, 6.45) is 0.708. The molecule has 1 unspecified atom stereocenters. The van der Waals surface area contributed by atoms with E-state index < -0.39 is 0 Å². The summed E-state index contributed by atoms with van der Waals surface area (Å²) in [5.41, 5.74) is 1.92. The first-order chi connectivity index (χ1) is 10.6. The predicted molar refractivity (Wildman–Crippen MR) is 83.3 cm³/mol. The van der Waals surface area contributed by atoms with Crippen LogP contribution < -0.4 is 10.1 Å². The maximum absolute atomic E-state index is 11.9. The van der Waals surface area contributed by atoms with Gasteiger partial charge in [0, 0.05) is 32.5 Å². The normalized spacial score (nSPS) is 15.7. The number of para-hydroxylation sites is 1. The third kappa shape index (κ3) is 3.50. The van der Waals surface area contributed by atoms with Gasteiger partial charge in [-0.1, -0.05) is 12.1 Å². The van der Waals surface area contributed by atoms with Crippen molar-refractivity contribution < 1.29 is 19.1 Å². The molecule has 1 amide bonds. The van der Waals surface area contributed by atoms with Gasteiger partial charge in [0.2, 0.25) is 0 Å². The molecule has 1 N–H and O–H groups in total. The lowest BCUT2D eigenvalue weighted by Gasteiger charge is -2.16. The van der Waals surface area contributed by atoms with Crippen molar-refractivity contribution in [2.24, 2.45) is 0 Å². The van der Waals surface area contributed by atoms with Gasteiger partial charge in [0.15, 0.2) is 5.75 Å². The average Bonchev–Trinajstić information content (AvgIpc) is 2.95. The van der Waals surface area contributed by atoms with Gasteiger partial charge in [0.05, 0.1) is 12.8 Å². The average molecular weight is 306 g/mol.